The van der Waals surface area contributed by atoms with Crippen LogP contribution in [0.2, 0.25) is 5.02 Å². The van der Waals surface area contributed by atoms with Crippen LogP contribution in [-0.2, 0) is 6.42 Å². The Labute approximate surface area is 129 Å². The smallest absolute Gasteiger partial charge is 0.276 e. The van der Waals surface area contributed by atoms with Crippen molar-refractivity contribution in [3.63, 3.8) is 0 Å². The number of carbonyl (C=O) groups is 1. The summed E-state index contributed by atoms with van der Waals surface area (Å²) < 4.78 is 0. The van der Waals surface area contributed by atoms with Gasteiger partial charge >= 0.3 is 0 Å². The van der Waals surface area contributed by atoms with Gasteiger partial charge in [-0.25, -0.2) is 0 Å². The summed E-state index contributed by atoms with van der Waals surface area (Å²) in [6, 6.07) is 7.33. The third-order valence-electron chi connectivity index (χ3n) is 3.67. The number of aryl methyl sites for hydroxylation is 1. The van der Waals surface area contributed by atoms with Gasteiger partial charge in [0.1, 0.15) is 0 Å². The maximum atomic E-state index is 12.5. The van der Waals surface area contributed by atoms with E-state index in [1.165, 1.54) is 0 Å². The highest BCUT2D eigenvalue weighted by atomic mass is 35.5. The second-order valence-corrected chi connectivity index (χ2v) is 5.40. The van der Waals surface area contributed by atoms with Crippen molar-refractivity contribution >= 4 is 23.2 Å². The van der Waals surface area contributed by atoms with Crippen LogP contribution in [-0.4, -0.2) is 28.1 Å². The van der Waals surface area contributed by atoms with Crippen molar-refractivity contribution in [2.24, 2.45) is 0 Å². The predicted molar refractivity (Wildman–Crippen MR) is 84.3 cm³/mol. The van der Waals surface area contributed by atoms with E-state index < -0.39 is 0 Å². The van der Waals surface area contributed by atoms with Gasteiger partial charge in [0.2, 0.25) is 0 Å². The average Bonchev–Trinajstić information content (AvgIpc) is 2.85. The molecule has 21 heavy (non-hydrogen) atoms. The molecule has 0 aliphatic heterocycles. The van der Waals surface area contributed by atoms with E-state index in [2.05, 4.69) is 10.2 Å². The Morgan fingerprint density at radius 1 is 1.52 bits per heavy atom. The molecular weight excluding hydrogens is 288 g/mol. The van der Waals surface area contributed by atoms with Crippen LogP contribution < -0.4 is 5.73 Å². The summed E-state index contributed by atoms with van der Waals surface area (Å²) in [5.74, 6) is -0.212. The van der Waals surface area contributed by atoms with Crippen molar-refractivity contribution in [2.75, 3.05) is 12.8 Å². The van der Waals surface area contributed by atoms with E-state index in [0.717, 1.165) is 11.3 Å². The zero-order chi connectivity index (χ0) is 15.6. The van der Waals surface area contributed by atoms with Crippen molar-refractivity contribution in [3.8, 4) is 0 Å². The summed E-state index contributed by atoms with van der Waals surface area (Å²) >= 11 is 6.00. The molecule has 6 heteroatoms. The first-order valence-electron chi connectivity index (χ1n) is 6.81. The lowest BCUT2D eigenvalue weighted by Gasteiger charge is -2.25. The van der Waals surface area contributed by atoms with E-state index in [9.17, 15) is 4.79 Å². The largest absolute Gasteiger partial charge is 0.395 e. The number of hydrogen-bond donors (Lipinski definition) is 2. The Balaban J connectivity index is 2.24. The van der Waals surface area contributed by atoms with E-state index in [4.69, 9.17) is 17.3 Å². The van der Waals surface area contributed by atoms with Crippen molar-refractivity contribution in [2.45, 2.75) is 26.3 Å². The number of hydrogen-bond acceptors (Lipinski definition) is 3. The number of benzene rings is 1. The highest BCUT2D eigenvalue weighted by Gasteiger charge is 2.24. The van der Waals surface area contributed by atoms with Gasteiger partial charge in [-0.3, -0.25) is 9.89 Å². The Hall–Kier alpha value is -2.01. The Morgan fingerprint density at radius 2 is 2.24 bits per heavy atom. The quantitative estimate of drug-likeness (QED) is 0.911. The second-order valence-electron chi connectivity index (χ2n) is 4.97. The van der Waals surface area contributed by atoms with Gasteiger partial charge in [0, 0.05) is 12.1 Å². The Morgan fingerprint density at radius 3 is 2.81 bits per heavy atom. The fourth-order valence-electron chi connectivity index (χ4n) is 2.15. The van der Waals surface area contributed by atoms with Gasteiger partial charge in [0.05, 0.1) is 17.4 Å². The zero-order valence-electron chi connectivity index (χ0n) is 12.4. The van der Waals surface area contributed by atoms with E-state index in [1.54, 1.807) is 18.0 Å². The highest BCUT2D eigenvalue weighted by Crippen LogP contribution is 2.24. The molecule has 2 aromatic rings. The number of aromatic amines is 1. The zero-order valence-corrected chi connectivity index (χ0v) is 13.1. The molecule has 0 radical (unpaired) electrons. The third-order valence-corrected chi connectivity index (χ3v) is 3.91. The van der Waals surface area contributed by atoms with Crippen LogP contribution in [0.3, 0.4) is 0 Å². The number of aromatic nitrogens is 2. The van der Waals surface area contributed by atoms with Gasteiger partial charge in [-0.1, -0.05) is 30.7 Å². The molecule has 1 aromatic carbocycles. The van der Waals surface area contributed by atoms with Crippen LogP contribution in [0, 0.1) is 0 Å². The summed E-state index contributed by atoms with van der Waals surface area (Å²) in [6.45, 7) is 3.89. The minimum atomic E-state index is -0.212. The Kier molecular flexibility index (Phi) is 4.53. The number of nitrogens with one attached hydrogen (secondary N) is 1. The van der Waals surface area contributed by atoms with Crippen LogP contribution in [0.5, 0.6) is 0 Å². The van der Waals surface area contributed by atoms with Gasteiger partial charge in [0.25, 0.3) is 5.91 Å². The number of amides is 1. The molecule has 0 fully saturated rings. The van der Waals surface area contributed by atoms with Crippen molar-refractivity contribution in [1.82, 2.24) is 15.1 Å². The number of halogens is 1. The number of nitrogens with zero attached hydrogens (tertiary/aromatic N) is 2. The minimum Gasteiger partial charge on any atom is -0.395 e. The summed E-state index contributed by atoms with van der Waals surface area (Å²) in [5.41, 5.74) is 8.38. The number of H-pyrrole nitrogens is 1. The monoisotopic (exact) mass is 306 g/mol. The number of nitrogens with two attached hydrogens (primary N) is 1. The van der Waals surface area contributed by atoms with Crippen LogP contribution in [0.4, 0.5) is 5.69 Å². The molecule has 1 aromatic heterocycles. The van der Waals surface area contributed by atoms with E-state index in [0.29, 0.717) is 17.1 Å². The van der Waals surface area contributed by atoms with Crippen LogP contribution in [0.1, 0.15) is 41.6 Å². The molecule has 2 rings (SSSR count). The predicted octanol–water partition coefficient (Wildman–Crippen LogP) is 3.04. The summed E-state index contributed by atoms with van der Waals surface area (Å²) in [5, 5.41) is 7.48. The summed E-state index contributed by atoms with van der Waals surface area (Å²) in [7, 11) is 1.73. The van der Waals surface area contributed by atoms with Gasteiger partial charge in [-0.15, -0.1) is 0 Å². The molecule has 3 N–H and O–H groups in total. The second kappa shape index (κ2) is 6.18. The molecule has 1 atom stereocenters. The fourth-order valence-corrected chi connectivity index (χ4v) is 2.35. The molecule has 0 bridgehead atoms. The fraction of sp³-hybridized carbons (Fsp3) is 0.333. The molecule has 1 amide bonds. The minimum absolute atomic E-state index is 0.127. The maximum Gasteiger partial charge on any atom is 0.276 e. The maximum absolute atomic E-state index is 12.5. The normalized spacial score (nSPS) is 12.2. The number of carbonyl (C=O) groups excluding carboxylic acids is 1. The van der Waals surface area contributed by atoms with Gasteiger partial charge in [-0.05, 0) is 31.0 Å². The van der Waals surface area contributed by atoms with Crippen LogP contribution >= 0.6 is 11.6 Å². The number of anilines is 1. The van der Waals surface area contributed by atoms with Crippen LogP contribution in [0.25, 0.3) is 0 Å². The van der Waals surface area contributed by atoms with E-state index >= 15 is 0 Å². The SMILES string of the molecule is CCc1[nH]nc(C(=O)N(C)C(C)c2cccc(Cl)c2)c1N. The van der Waals surface area contributed by atoms with Gasteiger partial charge < -0.3 is 10.6 Å². The first-order chi connectivity index (χ1) is 9.95. The molecule has 1 unspecified atom stereocenters. The molecule has 0 aliphatic rings. The summed E-state index contributed by atoms with van der Waals surface area (Å²) in [4.78, 5) is 14.1. The standard InChI is InChI=1S/C15H19ClN4O/c1-4-12-13(17)14(19-18-12)15(21)20(3)9(2)10-6-5-7-11(16)8-10/h5-9H,4,17H2,1-3H3,(H,18,19). The van der Waals surface area contributed by atoms with Crippen molar-refractivity contribution in [1.29, 1.82) is 0 Å². The van der Waals surface area contributed by atoms with Gasteiger partial charge in [0.15, 0.2) is 5.69 Å². The van der Waals surface area contributed by atoms with Crippen LogP contribution in [0.15, 0.2) is 24.3 Å². The molecule has 5 nitrogen and oxygen atoms in total. The molecule has 0 saturated heterocycles. The molecule has 112 valence electrons. The first-order valence-corrected chi connectivity index (χ1v) is 7.18. The van der Waals surface area contributed by atoms with Gasteiger partial charge in [-0.2, -0.15) is 5.10 Å². The third kappa shape index (κ3) is 3.03. The number of rotatable bonds is 4. The first kappa shape index (κ1) is 15.4. The average molecular weight is 307 g/mol. The Bertz CT molecular complexity index is 653. The molecule has 0 spiro atoms. The number of nitrogen functional groups attached to an aromatic ring is 1. The highest BCUT2D eigenvalue weighted by molar-refractivity contribution is 6.30. The molecular formula is C15H19ClN4O. The van der Waals surface area contributed by atoms with E-state index in [-0.39, 0.29) is 17.6 Å². The lowest BCUT2D eigenvalue weighted by Crippen LogP contribution is -2.30. The lowest BCUT2D eigenvalue weighted by atomic mass is 10.1. The summed E-state index contributed by atoms with van der Waals surface area (Å²) in [6.07, 6.45) is 0.708. The molecule has 0 aliphatic carbocycles. The topological polar surface area (TPSA) is 75.0 Å². The van der Waals surface area contributed by atoms with Crippen molar-refractivity contribution in [3.05, 3.63) is 46.2 Å². The lowest BCUT2D eigenvalue weighted by molar-refractivity contribution is 0.0737. The van der Waals surface area contributed by atoms with E-state index in [1.807, 2.05) is 32.0 Å². The molecule has 0 saturated carbocycles. The molecule has 1 heterocycles. The van der Waals surface area contributed by atoms with Crippen molar-refractivity contribution < 1.29 is 4.79 Å².